The zero-order valence-electron chi connectivity index (χ0n) is 12.1. The molecule has 0 saturated carbocycles. The summed E-state index contributed by atoms with van der Waals surface area (Å²) in [5.41, 5.74) is 1.56. The van der Waals surface area contributed by atoms with Gasteiger partial charge in [-0.05, 0) is 56.1 Å². The van der Waals surface area contributed by atoms with E-state index in [9.17, 15) is 0 Å². The molecule has 0 fully saturated rings. The van der Waals surface area contributed by atoms with Gasteiger partial charge < -0.3 is 9.47 Å². The van der Waals surface area contributed by atoms with Crippen LogP contribution in [0, 0.1) is 0 Å². The molecule has 24 heavy (non-hydrogen) atoms. The molecule has 0 spiro atoms. The summed E-state index contributed by atoms with van der Waals surface area (Å²) < 4.78 is 13.7. The third kappa shape index (κ3) is 2.10. The molecule has 0 bridgehead atoms. The fourth-order valence-electron chi connectivity index (χ4n) is 2.71. The van der Waals surface area contributed by atoms with Gasteiger partial charge in [0.05, 0.1) is 4.47 Å². The summed E-state index contributed by atoms with van der Waals surface area (Å²) in [6.45, 7) is 0. The number of rotatable bonds is 0. The predicted molar refractivity (Wildman–Crippen MR) is 96.5 cm³/mol. The van der Waals surface area contributed by atoms with Crippen molar-refractivity contribution in [3.63, 3.8) is 0 Å². The van der Waals surface area contributed by atoms with E-state index in [-0.39, 0.29) is 0 Å². The maximum atomic E-state index is 6.01. The van der Waals surface area contributed by atoms with Crippen LogP contribution in [0.1, 0.15) is 0 Å². The smallest absolute Gasteiger partial charge is 0.155 e. The number of fused-ring (bicyclic) bond motifs is 4. The van der Waals surface area contributed by atoms with Crippen LogP contribution in [0.15, 0.2) is 67.5 Å². The van der Waals surface area contributed by atoms with Crippen LogP contribution in [0.2, 0.25) is 0 Å². The second kappa shape index (κ2) is 5.16. The normalized spacial score (nSPS) is 13.1. The lowest BCUT2D eigenvalue weighted by molar-refractivity contribution is 0.450. The molecule has 0 amide bonds. The van der Waals surface area contributed by atoms with E-state index in [4.69, 9.17) is 14.5 Å². The standard InChI is InChI=1S/C18H8Br2N2O2/c19-9-5-6-14-18(17(9)20)22-12-8-15-11(7-16(12)24-14)21-10-3-1-2-4-13(10)23-15/h1-8H. The average Bonchev–Trinajstić information content (AvgIpc) is 2.60. The molecule has 2 aliphatic rings. The van der Waals surface area contributed by atoms with Crippen molar-refractivity contribution < 1.29 is 9.47 Å². The molecule has 0 radical (unpaired) electrons. The van der Waals surface area contributed by atoms with Crippen molar-refractivity contribution in [3.8, 4) is 23.0 Å². The Morgan fingerprint density at radius 3 is 2.25 bits per heavy atom. The molecule has 0 saturated heterocycles. The van der Waals surface area contributed by atoms with Crippen LogP contribution < -0.4 is 20.2 Å². The summed E-state index contributed by atoms with van der Waals surface area (Å²) in [5, 5.41) is 1.46. The van der Waals surface area contributed by atoms with E-state index in [2.05, 4.69) is 36.9 Å². The summed E-state index contributed by atoms with van der Waals surface area (Å²) >= 11 is 7.03. The van der Waals surface area contributed by atoms with Gasteiger partial charge >= 0.3 is 0 Å². The number of hydrogen-bond acceptors (Lipinski definition) is 4. The average molecular weight is 444 g/mol. The van der Waals surface area contributed by atoms with Crippen LogP contribution in [0.5, 0.6) is 23.0 Å². The third-order valence-corrected chi connectivity index (χ3v) is 5.85. The van der Waals surface area contributed by atoms with Crippen molar-refractivity contribution in [1.29, 1.82) is 0 Å². The van der Waals surface area contributed by atoms with Gasteiger partial charge in [-0.15, -0.1) is 0 Å². The molecule has 2 aliphatic heterocycles. The zero-order chi connectivity index (χ0) is 16.3. The van der Waals surface area contributed by atoms with E-state index in [0.29, 0.717) is 17.2 Å². The van der Waals surface area contributed by atoms with Gasteiger partial charge in [-0.2, -0.15) is 0 Å². The number of para-hydroxylation sites is 2. The van der Waals surface area contributed by atoms with E-state index in [1.807, 2.05) is 48.5 Å². The number of halogens is 2. The van der Waals surface area contributed by atoms with Crippen molar-refractivity contribution in [2.75, 3.05) is 0 Å². The van der Waals surface area contributed by atoms with Gasteiger partial charge in [-0.25, -0.2) is 9.98 Å². The molecule has 116 valence electrons. The molecule has 0 aliphatic carbocycles. The lowest BCUT2D eigenvalue weighted by Gasteiger charge is -2.18. The first kappa shape index (κ1) is 14.2. The predicted octanol–water partition coefficient (Wildman–Crippen LogP) is 5.33. The molecule has 0 unspecified atom stereocenters. The fraction of sp³-hybridized carbons (Fsp3) is 0. The van der Waals surface area contributed by atoms with Gasteiger partial charge in [0.15, 0.2) is 23.0 Å². The van der Waals surface area contributed by atoms with E-state index >= 15 is 0 Å². The molecule has 3 aromatic carbocycles. The third-order valence-electron chi connectivity index (χ3n) is 3.85. The van der Waals surface area contributed by atoms with Gasteiger partial charge in [-0.1, -0.05) is 12.1 Å². The molecule has 0 N–H and O–H groups in total. The minimum absolute atomic E-state index is 0.669. The van der Waals surface area contributed by atoms with Gasteiger partial charge in [-0.3, -0.25) is 0 Å². The largest absolute Gasteiger partial charge is 0.453 e. The molecule has 0 aromatic heterocycles. The second-order valence-electron chi connectivity index (χ2n) is 5.39. The molecule has 0 atom stereocenters. The Labute approximate surface area is 153 Å². The van der Waals surface area contributed by atoms with Crippen molar-refractivity contribution >= 4 is 43.2 Å². The summed E-state index contributed by atoms with van der Waals surface area (Å²) in [6.07, 6.45) is 0. The minimum atomic E-state index is 0.669. The van der Waals surface area contributed by atoms with Gasteiger partial charge in [0, 0.05) is 16.6 Å². The quantitative estimate of drug-likeness (QED) is 0.325. The van der Waals surface area contributed by atoms with E-state index in [1.54, 1.807) is 0 Å². The summed E-state index contributed by atoms with van der Waals surface area (Å²) in [5.74, 6) is 2.79. The fourth-order valence-corrected chi connectivity index (χ4v) is 3.44. The highest BCUT2D eigenvalue weighted by atomic mass is 79.9. The molecule has 2 heterocycles. The highest BCUT2D eigenvalue weighted by molar-refractivity contribution is 9.13. The Balaban J connectivity index is 1.76. The van der Waals surface area contributed by atoms with Crippen LogP contribution >= 0.6 is 31.9 Å². The Morgan fingerprint density at radius 1 is 0.708 bits per heavy atom. The summed E-state index contributed by atoms with van der Waals surface area (Å²) in [6, 6.07) is 15.2. The lowest BCUT2D eigenvalue weighted by Crippen LogP contribution is -2.18. The molecular formula is C18H8Br2N2O2. The Hall–Kier alpha value is -2.18. The maximum absolute atomic E-state index is 6.01. The maximum Gasteiger partial charge on any atom is 0.155 e. The summed E-state index contributed by atoms with van der Waals surface area (Å²) in [7, 11) is 0. The van der Waals surface area contributed by atoms with E-state index < -0.39 is 0 Å². The van der Waals surface area contributed by atoms with Crippen LogP contribution in [-0.4, -0.2) is 0 Å². The molecule has 5 rings (SSSR count). The van der Waals surface area contributed by atoms with Crippen molar-refractivity contribution in [1.82, 2.24) is 0 Å². The first-order valence-corrected chi connectivity index (χ1v) is 8.82. The number of benzene rings is 3. The molecular weight excluding hydrogens is 436 g/mol. The Bertz CT molecular complexity index is 1140. The van der Waals surface area contributed by atoms with Crippen LogP contribution in [-0.2, 0) is 0 Å². The van der Waals surface area contributed by atoms with E-state index in [1.165, 1.54) is 0 Å². The van der Waals surface area contributed by atoms with Gasteiger partial charge in [0.25, 0.3) is 0 Å². The topological polar surface area (TPSA) is 43.2 Å². The summed E-state index contributed by atoms with van der Waals surface area (Å²) in [4.78, 5) is 9.35. The number of nitrogens with zero attached hydrogens (tertiary/aromatic N) is 2. The van der Waals surface area contributed by atoms with Crippen molar-refractivity contribution in [3.05, 3.63) is 68.2 Å². The highest BCUT2D eigenvalue weighted by Crippen LogP contribution is 2.43. The van der Waals surface area contributed by atoms with Crippen LogP contribution in [0.25, 0.3) is 0 Å². The van der Waals surface area contributed by atoms with Crippen LogP contribution in [0.3, 0.4) is 0 Å². The van der Waals surface area contributed by atoms with Crippen molar-refractivity contribution in [2.45, 2.75) is 0 Å². The van der Waals surface area contributed by atoms with Gasteiger partial charge in [0.1, 0.15) is 22.1 Å². The molecule has 3 aromatic rings. The zero-order valence-corrected chi connectivity index (χ0v) is 15.3. The number of ether oxygens (including phenoxy) is 2. The Kier molecular flexibility index (Phi) is 3.05. The van der Waals surface area contributed by atoms with Gasteiger partial charge in [0.2, 0.25) is 0 Å². The monoisotopic (exact) mass is 442 g/mol. The molecule has 6 heteroatoms. The number of hydrogen-bond donors (Lipinski definition) is 0. The molecule has 4 nitrogen and oxygen atoms in total. The first-order valence-electron chi connectivity index (χ1n) is 7.23. The SMILES string of the molecule is Brc1ccc2c(c1Br)N=c1cc3c(cc1O2)=Nc1ccccc1O3. The second-order valence-corrected chi connectivity index (χ2v) is 7.04. The van der Waals surface area contributed by atoms with E-state index in [0.717, 1.165) is 36.8 Å². The lowest BCUT2D eigenvalue weighted by atomic mass is 10.2. The Morgan fingerprint density at radius 2 is 1.42 bits per heavy atom. The highest BCUT2D eigenvalue weighted by Gasteiger charge is 2.20. The first-order chi connectivity index (χ1) is 11.7. The minimum Gasteiger partial charge on any atom is -0.453 e. The van der Waals surface area contributed by atoms with Crippen molar-refractivity contribution in [2.24, 2.45) is 9.98 Å². The van der Waals surface area contributed by atoms with Crippen LogP contribution in [0.4, 0.5) is 11.4 Å².